The van der Waals surface area contributed by atoms with E-state index in [1.807, 2.05) is 12.1 Å². The highest BCUT2D eigenvalue weighted by Crippen LogP contribution is 2.35. The third-order valence-corrected chi connectivity index (χ3v) is 4.11. The van der Waals surface area contributed by atoms with Gasteiger partial charge in [-0.1, -0.05) is 13.8 Å². The number of anilines is 1. The molecule has 0 saturated carbocycles. The Morgan fingerprint density at radius 3 is 2.09 bits per heavy atom. The molecule has 0 saturated heterocycles. The van der Waals surface area contributed by atoms with Crippen LogP contribution < -0.4 is 5.32 Å². The lowest BCUT2D eigenvalue weighted by molar-refractivity contribution is -0.138. The lowest BCUT2D eigenvalue weighted by Crippen LogP contribution is -2.16. The van der Waals surface area contributed by atoms with E-state index in [0.29, 0.717) is 11.6 Å². The van der Waals surface area contributed by atoms with Crippen molar-refractivity contribution in [1.82, 2.24) is 0 Å². The first-order valence-corrected chi connectivity index (χ1v) is 8.02. The normalized spacial score (nSPS) is 11.3. The minimum absolute atomic E-state index is 0.0203. The van der Waals surface area contributed by atoms with Crippen LogP contribution in [0.2, 0.25) is 0 Å². The highest BCUT2D eigenvalue weighted by Gasteiger charge is 2.17. The Balaban J connectivity index is 3.22. The van der Waals surface area contributed by atoms with Crippen molar-refractivity contribution in [2.45, 2.75) is 19.8 Å². The first kappa shape index (κ1) is 18.7. The van der Waals surface area contributed by atoms with Gasteiger partial charge in [0.1, 0.15) is 5.70 Å². The highest BCUT2D eigenvalue weighted by atomic mass is 79.9. The van der Waals surface area contributed by atoms with Crippen molar-refractivity contribution in [3.8, 4) is 0 Å². The molecule has 0 bridgehead atoms. The zero-order valence-corrected chi connectivity index (χ0v) is 15.9. The summed E-state index contributed by atoms with van der Waals surface area (Å²) in [6, 6.07) is 3.90. The molecule has 0 fully saturated rings. The van der Waals surface area contributed by atoms with Gasteiger partial charge in [-0.2, -0.15) is 0 Å². The minimum atomic E-state index is -0.669. The molecule has 0 aromatic heterocycles. The second-order valence-corrected chi connectivity index (χ2v) is 6.42. The molecule has 0 aliphatic rings. The molecule has 1 rings (SSSR count). The van der Waals surface area contributed by atoms with E-state index in [1.54, 1.807) is 0 Å². The molecule has 0 spiro atoms. The lowest BCUT2D eigenvalue weighted by Gasteiger charge is -2.15. The molecular weight excluding hydrogens is 418 g/mol. The quantitative estimate of drug-likeness (QED) is 0.560. The fraction of sp³-hybridized carbons (Fsp3) is 0.333. The molecule has 1 aromatic carbocycles. The molecule has 0 radical (unpaired) electrons. The molecule has 0 atom stereocenters. The topological polar surface area (TPSA) is 64.6 Å². The molecule has 22 heavy (non-hydrogen) atoms. The number of hydrogen-bond acceptors (Lipinski definition) is 5. The molecule has 0 aliphatic carbocycles. The standard InChI is InChI=1S/C15H17Br2NO4/c1-8(2)9-5-10(16)14(11(17)6-9)18-12(15(20)22-4)7-13(19)21-3/h5-8,18H,1-4H3/b12-7+. The molecule has 0 unspecified atom stereocenters. The fourth-order valence-electron chi connectivity index (χ4n) is 1.61. The van der Waals surface area contributed by atoms with Gasteiger partial charge in [0.05, 0.1) is 26.0 Å². The Morgan fingerprint density at radius 1 is 1.14 bits per heavy atom. The number of nitrogens with one attached hydrogen (secondary N) is 1. The molecule has 1 aromatic rings. The summed E-state index contributed by atoms with van der Waals surface area (Å²) in [7, 11) is 2.47. The Morgan fingerprint density at radius 2 is 1.68 bits per heavy atom. The maximum Gasteiger partial charge on any atom is 0.354 e. The smallest absolute Gasteiger partial charge is 0.354 e. The maximum absolute atomic E-state index is 11.8. The Labute approximate surface area is 146 Å². The van der Waals surface area contributed by atoms with Crippen LogP contribution in [0.5, 0.6) is 0 Å². The van der Waals surface area contributed by atoms with Crippen LogP contribution in [0.3, 0.4) is 0 Å². The van der Waals surface area contributed by atoms with Gasteiger partial charge in [0.25, 0.3) is 0 Å². The van der Waals surface area contributed by atoms with Crippen molar-refractivity contribution in [2.24, 2.45) is 0 Å². The number of rotatable bonds is 5. The summed E-state index contributed by atoms with van der Waals surface area (Å²) < 4.78 is 10.7. The number of carbonyl (C=O) groups excluding carboxylic acids is 2. The van der Waals surface area contributed by atoms with Gasteiger partial charge in [-0.05, 0) is 55.5 Å². The average molecular weight is 435 g/mol. The van der Waals surface area contributed by atoms with Crippen molar-refractivity contribution in [3.05, 3.63) is 38.4 Å². The fourth-order valence-corrected chi connectivity index (χ4v) is 3.03. The van der Waals surface area contributed by atoms with Crippen molar-refractivity contribution >= 4 is 49.5 Å². The van der Waals surface area contributed by atoms with Crippen molar-refractivity contribution in [1.29, 1.82) is 0 Å². The molecule has 0 aliphatic heterocycles. The minimum Gasteiger partial charge on any atom is -0.466 e. The molecule has 0 heterocycles. The SMILES string of the molecule is COC(=O)/C=C(/Nc1c(Br)cc(C(C)C)cc1Br)C(=O)OC. The molecule has 1 N–H and O–H groups in total. The summed E-state index contributed by atoms with van der Waals surface area (Å²) in [4.78, 5) is 23.2. The van der Waals surface area contributed by atoms with E-state index in [0.717, 1.165) is 20.6 Å². The zero-order chi connectivity index (χ0) is 16.9. The number of hydrogen-bond donors (Lipinski definition) is 1. The zero-order valence-electron chi connectivity index (χ0n) is 12.7. The van der Waals surface area contributed by atoms with Crippen molar-refractivity contribution < 1.29 is 19.1 Å². The van der Waals surface area contributed by atoms with E-state index in [2.05, 4.69) is 60.5 Å². The van der Waals surface area contributed by atoms with Crippen LogP contribution in [0, 0.1) is 0 Å². The van der Waals surface area contributed by atoms with E-state index in [4.69, 9.17) is 0 Å². The molecule has 0 amide bonds. The number of halogens is 2. The van der Waals surface area contributed by atoms with Crippen LogP contribution in [0.1, 0.15) is 25.3 Å². The number of methoxy groups -OCH3 is 2. The number of carbonyl (C=O) groups is 2. The maximum atomic E-state index is 11.8. The van der Waals surface area contributed by atoms with E-state index < -0.39 is 11.9 Å². The second-order valence-electron chi connectivity index (χ2n) is 4.71. The van der Waals surface area contributed by atoms with E-state index in [9.17, 15) is 9.59 Å². The second kappa shape index (κ2) is 8.33. The van der Waals surface area contributed by atoms with Gasteiger partial charge in [0.15, 0.2) is 0 Å². The summed E-state index contributed by atoms with van der Waals surface area (Å²) >= 11 is 6.92. The number of esters is 2. The summed E-state index contributed by atoms with van der Waals surface area (Å²) in [5.41, 5.74) is 1.72. The first-order valence-electron chi connectivity index (χ1n) is 6.44. The van der Waals surface area contributed by atoms with Gasteiger partial charge in [0.2, 0.25) is 0 Å². The van der Waals surface area contributed by atoms with Gasteiger partial charge in [-0.15, -0.1) is 0 Å². The van der Waals surface area contributed by atoms with Crippen molar-refractivity contribution in [3.63, 3.8) is 0 Å². The molecule has 7 heteroatoms. The van der Waals surface area contributed by atoms with E-state index >= 15 is 0 Å². The first-order chi connectivity index (χ1) is 10.3. The summed E-state index contributed by atoms with van der Waals surface area (Å²) in [5, 5.41) is 2.89. The van der Waals surface area contributed by atoms with Gasteiger partial charge >= 0.3 is 11.9 Å². The third-order valence-electron chi connectivity index (χ3n) is 2.86. The van der Waals surface area contributed by atoms with Gasteiger partial charge in [-0.3, -0.25) is 0 Å². The van der Waals surface area contributed by atoms with E-state index in [-0.39, 0.29) is 5.70 Å². The third kappa shape index (κ3) is 4.84. The van der Waals surface area contributed by atoms with Gasteiger partial charge in [-0.25, -0.2) is 9.59 Å². The predicted molar refractivity (Wildman–Crippen MR) is 91.7 cm³/mol. The summed E-state index contributed by atoms with van der Waals surface area (Å²) in [6.45, 7) is 4.16. The highest BCUT2D eigenvalue weighted by molar-refractivity contribution is 9.11. The van der Waals surface area contributed by atoms with E-state index in [1.165, 1.54) is 14.2 Å². The Kier molecular flexibility index (Phi) is 7.09. The number of ether oxygens (including phenoxy) is 2. The largest absolute Gasteiger partial charge is 0.466 e. The van der Waals surface area contributed by atoms with Crippen LogP contribution in [0.25, 0.3) is 0 Å². The molecule has 5 nitrogen and oxygen atoms in total. The van der Waals surface area contributed by atoms with Crippen LogP contribution >= 0.6 is 31.9 Å². The lowest BCUT2D eigenvalue weighted by atomic mass is 10.0. The monoisotopic (exact) mass is 433 g/mol. The van der Waals surface area contributed by atoms with Crippen molar-refractivity contribution in [2.75, 3.05) is 19.5 Å². The number of benzene rings is 1. The Bertz CT molecular complexity index is 589. The predicted octanol–water partition coefficient (Wildman–Crippen LogP) is 3.98. The summed E-state index contributed by atoms with van der Waals surface area (Å²) in [5.74, 6) is -0.969. The van der Waals surface area contributed by atoms with Gasteiger partial charge < -0.3 is 14.8 Å². The van der Waals surface area contributed by atoms with Gasteiger partial charge in [0, 0.05) is 8.95 Å². The summed E-state index contributed by atoms with van der Waals surface area (Å²) in [6.07, 6.45) is 1.04. The molecule has 120 valence electrons. The molecular formula is C15H17Br2NO4. The Hall–Kier alpha value is -1.34. The average Bonchev–Trinajstić information content (AvgIpc) is 2.48. The van der Waals surface area contributed by atoms with Crippen LogP contribution in [0.15, 0.2) is 32.9 Å². The van der Waals surface area contributed by atoms with Crippen LogP contribution in [0.4, 0.5) is 5.69 Å². The van der Waals surface area contributed by atoms with Crippen LogP contribution in [-0.4, -0.2) is 26.2 Å². The van der Waals surface area contributed by atoms with Crippen LogP contribution in [-0.2, 0) is 19.1 Å².